The van der Waals surface area contributed by atoms with Crippen LogP contribution in [0.2, 0.25) is 0 Å². The van der Waals surface area contributed by atoms with Gasteiger partial charge in [0, 0.05) is 10.7 Å². The third kappa shape index (κ3) is 13.0. The van der Waals surface area contributed by atoms with Crippen LogP contribution in [0.5, 0.6) is 0 Å². The molecule has 0 atom stereocenters. The minimum Gasteiger partial charge on any atom is -0.185 e. The molecule has 0 fully saturated rings. The summed E-state index contributed by atoms with van der Waals surface area (Å²) in [6.07, 6.45) is 14.9. The van der Waals surface area contributed by atoms with Crippen LogP contribution in [0.25, 0.3) is 0 Å². The molecular formula is C16H31ClO2S. The zero-order valence-electron chi connectivity index (χ0n) is 13.0. The lowest BCUT2D eigenvalue weighted by Crippen LogP contribution is -2.00. The van der Waals surface area contributed by atoms with E-state index in [1.165, 1.54) is 51.4 Å². The van der Waals surface area contributed by atoms with Gasteiger partial charge in [0.1, 0.15) is 0 Å². The van der Waals surface area contributed by atoms with Crippen molar-refractivity contribution in [2.45, 2.75) is 90.4 Å². The summed E-state index contributed by atoms with van der Waals surface area (Å²) in [5.74, 6) is 0.540. The van der Waals surface area contributed by atoms with Crippen LogP contribution in [-0.2, 0) is 10.3 Å². The van der Waals surface area contributed by atoms with Gasteiger partial charge < -0.3 is 0 Å². The third-order valence-corrected chi connectivity index (χ3v) is 4.78. The number of alkyl halides is 1. The summed E-state index contributed by atoms with van der Waals surface area (Å²) < 4.78 is 22.0. The first-order chi connectivity index (χ1) is 9.72. The Balaban J connectivity index is 3.44. The first-order valence-corrected chi connectivity index (χ1v) is 9.83. The van der Waals surface area contributed by atoms with Gasteiger partial charge in [-0.2, -0.15) is 8.42 Å². The minimum atomic E-state index is -2.01. The second kappa shape index (κ2) is 15.4. The molecule has 0 aliphatic heterocycles. The van der Waals surface area contributed by atoms with Crippen LogP contribution >= 0.6 is 11.6 Å². The summed E-state index contributed by atoms with van der Waals surface area (Å²) in [5.41, 5.74) is 0. The van der Waals surface area contributed by atoms with Crippen molar-refractivity contribution < 1.29 is 8.42 Å². The highest BCUT2D eigenvalue weighted by molar-refractivity contribution is 7.73. The van der Waals surface area contributed by atoms with Gasteiger partial charge in [-0.1, -0.05) is 64.7 Å². The quantitative estimate of drug-likeness (QED) is 0.245. The zero-order valence-corrected chi connectivity index (χ0v) is 14.6. The molecule has 0 heterocycles. The van der Waals surface area contributed by atoms with Gasteiger partial charge in [-0.25, -0.2) is 0 Å². The van der Waals surface area contributed by atoms with E-state index in [4.69, 9.17) is 11.6 Å². The molecule has 4 heteroatoms. The summed E-state index contributed by atoms with van der Waals surface area (Å²) in [6, 6.07) is 0. The molecule has 0 aromatic carbocycles. The first kappa shape index (κ1) is 20.0. The van der Waals surface area contributed by atoms with Crippen LogP contribution in [0.4, 0.5) is 0 Å². The van der Waals surface area contributed by atoms with Gasteiger partial charge in [-0.05, 0) is 25.7 Å². The molecule has 0 N–H and O–H groups in total. The topological polar surface area (TPSA) is 34.1 Å². The van der Waals surface area contributed by atoms with Crippen molar-refractivity contribution in [2.75, 3.05) is 5.88 Å². The predicted octanol–water partition coefficient (Wildman–Crippen LogP) is 5.37. The molecular weight excluding hydrogens is 292 g/mol. The fraction of sp³-hybridized carbons (Fsp3) is 0.938. The molecule has 0 radical (unpaired) electrons. The van der Waals surface area contributed by atoms with E-state index in [-0.39, 0.29) is 0 Å². The summed E-state index contributed by atoms with van der Waals surface area (Å²) in [4.78, 5) is 0.658. The van der Waals surface area contributed by atoms with Crippen LogP contribution in [0.3, 0.4) is 0 Å². The highest BCUT2D eigenvalue weighted by Crippen LogP contribution is 2.12. The molecule has 0 aromatic heterocycles. The van der Waals surface area contributed by atoms with Crippen molar-refractivity contribution in [2.24, 2.45) is 0 Å². The summed E-state index contributed by atoms with van der Waals surface area (Å²) in [6.45, 7) is 2.24. The van der Waals surface area contributed by atoms with Gasteiger partial charge in [0.2, 0.25) is 10.3 Å². The van der Waals surface area contributed by atoms with E-state index in [0.29, 0.717) is 17.2 Å². The summed E-state index contributed by atoms with van der Waals surface area (Å²) in [7, 11) is -2.01. The van der Waals surface area contributed by atoms with Crippen molar-refractivity contribution in [1.82, 2.24) is 0 Å². The molecule has 120 valence electrons. The lowest BCUT2D eigenvalue weighted by molar-refractivity contribution is 0.559. The van der Waals surface area contributed by atoms with Gasteiger partial charge in [0.15, 0.2) is 0 Å². The molecule has 2 nitrogen and oxygen atoms in total. The maximum absolute atomic E-state index is 11.0. The Labute approximate surface area is 131 Å². The Kier molecular flexibility index (Phi) is 15.4. The second-order valence-electron chi connectivity index (χ2n) is 5.50. The molecule has 0 amide bonds. The number of halogens is 1. The van der Waals surface area contributed by atoms with Gasteiger partial charge in [0.25, 0.3) is 0 Å². The molecule has 20 heavy (non-hydrogen) atoms. The predicted molar refractivity (Wildman–Crippen MR) is 90.3 cm³/mol. The van der Waals surface area contributed by atoms with Crippen LogP contribution in [0.15, 0.2) is 0 Å². The SMILES string of the molecule is CCCCCCCCCCCCC(CCCCl)=S(=O)=O. The average molecular weight is 323 g/mol. The van der Waals surface area contributed by atoms with Crippen LogP contribution in [0, 0.1) is 0 Å². The maximum atomic E-state index is 11.0. The first-order valence-electron chi connectivity index (χ1n) is 8.22. The lowest BCUT2D eigenvalue weighted by atomic mass is 10.0. The van der Waals surface area contributed by atoms with Crippen molar-refractivity contribution in [3.8, 4) is 0 Å². The van der Waals surface area contributed by atoms with E-state index < -0.39 is 10.3 Å². The molecule has 0 saturated heterocycles. The Morgan fingerprint density at radius 2 is 1.20 bits per heavy atom. The largest absolute Gasteiger partial charge is 0.213 e. The zero-order chi connectivity index (χ0) is 15.1. The third-order valence-electron chi connectivity index (χ3n) is 3.63. The van der Waals surface area contributed by atoms with Crippen molar-refractivity contribution in [1.29, 1.82) is 0 Å². The van der Waals surface area contributed by atoms with Crippen LogP contribution < -0.4 is 0 Å². The molecule has 0 spiro atoms. The Hall–Kier alpha value is -0.0200. The smallest absolute Gasteiger partial charge is 0.185 e. The van der Waals surface area contributed by atoms with Crippen molar-refractivity contribution >= 4 is 26.8 Å². The van der Waals surface area contributed by atoms with E-state index >= 15 is 0 Å². The van der Waals surface area contributed by atoms with Gasteiger partial charge >= 0.3 is 0 Å². The van der Waals surface area contributed by atoms with Gasteiger partial charge in [-0.3, -0.25) is 0 Å². The van der Waals surface area contributed by atoms with E-state index in [1.54, 1.807) is 0 Å². The number of rotatable bonds is 14. The van der Waals surface area contributed by atoms with Crippen molar-refractivity contribution in [3.63, 3.8) is 0 Å². The highest BCUT2D eigenvalue weighted by atomic mass is 35.5. The van der Waals surface area contributed by atoms with E-state index in [2.05, 4.69) is 6.92 Å². The van der Waals surface area contributed by atoms with Gasteiger partial charge in [0.05, 0.1) is 0 Å². The second-order valence-corrected chi connectivity index (χ2v) is 6.92. The lowest BCUT2D eigenvalue weighted by Gasteiger charge is -2.03. The summed E-state index contributed by atoms with van der Waals surface area (Å²) >= 11 is 5.60. The Morgan fingerprint density at radius 1 is 0.750 bits per heavy atom. The van der Waals surface area contributed by atoms with Crippen molar-refractivity contribution in [3.05, 3.63) is 0 Å². The fourth-order valence-electron chi connectivity index (χ4n) is 2.37. The Morgan fingerprint density at radius 3 is 1.65 bits per heavy atom. The average Bonchev–Trinajstić information content (AvgIpc) is 2.43. The molecule has 0 aromatic rings. The fourth-order valence-corrected chi connectivity index (χ4v) is 3.12. The number of hydrogen-bond acceptors (Lipinski definition) is 2. The molecule has 0 aliphatic rings. The number of hydrogen-bond donors (Lipinski definition) is 0. The molecule has 0 aliphatic carbocycles. The van der Waals surface area contributed by atoms with E-state index in [1.807, 2.05) is 0 Å². The minimum absolute atomic E-state index is 0.540. The van der Waals surface area contributed by atoms with Gasteiger partial charge in [-0.15, -0.1) is 11.6 Å². The normalized spacial score (nSPS) is 10.7. The van der Waals surface area contributed by atoms with Crippen LogP contribution in [-0.4, -0.2) is 19.2 Å². The number of unbranched alkanes of at least 4 members (excludes halogenated alkanes) is 9. The Bertz CT molecular complexity index is 328. The molecule has 0 bridgehead atoms. The standard InChI is InChI=1S/C16H31ClO2S/c1-2-3-4-5-6-7-8-9-10-11-13-16(20(18)19)14-12-15-17/h2-15H2,1H3. The molecule has 0 rings (SSSR count). The molecule has 0 saturated carbocycles. The summed E-state index contributed by atoms with van der Waals surface area (Å²) in [5, 5.41) is 0. The monoisotopic (exact) mass is 322 g/mol. The highest BCUT2D eigenvalue weighted by Gasteiger charge is 2.02. The maximum Gasteiger partial charge on any atom is 0.213 e. The van der Waals surface area contributed by atoms with Crippen LogP contribution in [0.1, 0.15) is 90.4 Å². The molecule has 0 unspecified atom stereocenters. The van der Waals surface area contributed by atoms with E-state index in [9.17, 15) is 8.42 Å². The van der Waals surface area contributed by atoms with E-state index in [0.717, 1.165) is 25.7 Å².